The van der Waals surface area contributed by atoms with E-state index < -0.39 is 0 Å². The highest BCUT2D eigenvalue weighted by Gasteiger charge is 2.10. The third kappa shape index (κ3) is 4.96. The molecule has 1 heterocycles. The minimum Gasteiger partial charge on any atom is -0.325 e. The van der Waals surface area contributed by atoms with Gasteiger partial charge in [-0.3, -0.25) is 14.6 Å². The van der Waals surface area contributed by atoms with E-state index in [-0.39, 0.29) is 28.1 Å². The first-order valence-electron chi connectivity index (χ1n) is 8.15. The number of hydrogen-bond donors (Lipinski definition) is 2. The number of aromatic nitrogens is 3. The third-order valence-electron chi connectivity index (χ3n) is 3.80. The number of thioether (sulfide) groups is 1. The Morgan fingerprint density at radius 1 is 1.15 bits per heavy atom. The first-order chi connectivity index (χ1) is 12.9. The van der Waals surface area contributed by atoms with Crippen molar-refractivity contribution in [3.8, 4) is 11.3 Å². The Kier molecular flexibility index (Phi) is 5.93. The van der Waals surface area contributed by atoms with E-state index in [9.17, 15) is 9.59 Å². The van der Waals surface area contributed by atoms with Crippen LogP contribution >= 0.6 is 23.4 Å². The molecule has 138 valence electrons. The Hall–Kier alpha value is -2.64. The van der Waals surface area contributed by atoms with Gasteiger partial charge < -0.3 is 5.32 Å². The molecule has 1 amide bonds. The van der Waals surface area contributed by atoms with Crippen molar-refractivity contribution >= 4 is 35.0 Å². The highest BCUT2D eigenvalue weighted by Crippen LogP contribution is 2.20. The molecule has 3 rings (SSSR count). The number of anilines is 1. The van der Waals surface area contributed by atoms with Crippen LogP contribution in [0.1, 0.15) is 11.1 Å². The van der Waals surface area contributed by atoms with E-state index in [0.29, 0.717) is 16.3 Å². The van der Waals surface area contributed by atoms with E-state index >= 15 is 0 Å². The van der Waals surface area contributed by atoms with E-state index in [0.717, 1.165) is 22.9 Å². The van der Waals surface area contributed by atoms with Gasteiger partial charge >= 0.3 is 0 Å². The molecule has 0 unspecified atom stereocenters. The van der Waals surface area contributed by atoms with Crippen LogP contribution in [0, 0.1) is 13.8 Å². The molecular weight excluding hydrogens is 384 g/mol. The lowest BCUT2D eigenvalue weighted by atomic mass is 10.1. The van der Waals surface area contributed by atoms with Gasteiger partial charge in [-0.15, -0.1) is 10.2 Å². The van der Waals surface area contributed by atoms with Crippen LogP contribution in [0.5, 0.6) is 0 Å². The fourth-order valence-corrected chi connectivity index (χ4v) is 3.07. The van der Waals surface area contributed by atoms with Gasteiger partial charge in [-0.2, -0.15) is 0 Å². The first-order valence-corrected chi connectivity index (χ1v) is 9.51. The largest absolute Gasteiger partial charge is 0.325 e. The predicted octanol–water partition coefficient (Wildman–Crippen LogP) is 3.83. The molecule has 0 saturated heterocycles. The van der Waals surface area contributed by atoms with Crippen LogP contribution in [-0.4, -0.2) is 26.8 Å². The second-order valence-electron chi connectivity index (χ2n) is 5.97. The van der Waals surface area contributed by atoms with E-state index in [2.05, 4.69) is 20.5 Å². The SMILES string of the molecule is Cc1ccc(-c2nnc(SCC(=O)Nc3ccc(C)c(Cl)c3)[nH]c2=O)cc1. The number of nitrogens with zero attached hydrogens (tertiary/aromatic N) is 2. The fourth-order valence-electron chi connectivity index (χ4n) is 2.29. The first kappa shape index (κ1) is 19.1. The van der Waals surface area contributed by atoms with E-state index in [4.69, 9.17) is 11.6 Å². The molecule has 8 heteroatoms. The van der Waals surface area contributed by atoms with Crippen molar-refractivity contribution in [1.29, 1.82) is 0 Å². The van der Waals surface area contributed by atoms with Crippen molar-refractivity contribution in [2.24, 2.45) is 0 Å². The molecule has 0 saturated carbocycles. The molecule has 0 spiro atoms. The van der Waals surface area contributed by atoms with Crippen molar-refractivity contribution < 1.29 is 4.79 Å². The number of rotatable bonds is 5. The smallest absolute Gasteiger partial charge is 0.278 e. The van der Waals surface area contributed by atoms with Crippen LogP contribution in [0.3, 0.4) is 0 Å². The molecule has 0 fully saturated rings. The molecule has 1 aromatic heterocycles. The molecule has 0 aliphatic carbocycles. The predicted molar refractivity (Wildman–Crippen MR) is 108 cm³/mol. The zero-order valence-corrected chi connectivity index (χ0v) is 16.3. The van der Waals surface area contributed by atoms with E-state index in [1.807, 2.05) is 44.2 Å². The highest BCUT2D eigenvalue weighted by atomic mass is 35.5. The molecule has 0 atom stereocenters. The zero-order valence-electron chi connectivity index (χ0n) is 14.7. The van der Waals surface area contributed by atoms with Gasteiger partial charge in [0, 0.05) is 16.3 Å². The minimum atomic E-state index is -0.345. The van der Waals surface area contributed by atoms with Crippen molar-refractivity contribution in [1.82, 2.24) is 15.2 Å². The number of aromatic amines is 1. The summed E-state index contributed by atoms with van der Waals surface area (Å²) in [6.45, 7) is 3.86. The number of carbonyl (C=O) groups is 1. The maximum absolute atomic E-state index is 12.2. The van der Waals surface area contributed by atoms with Crippen molar-refractivity contribution in [2.75, 3.05) is 11.1 Å². The van der Waals surface area contributed by atoms with Crippen LogP contribution in [0.4, 0.5) is 5.69 Å². The van der Waals surface area contributed by atoms with Crippen molar-refractivity contribution in [3.05, 3.63) is 69.0 Å². The average Bonchev–Trinajstić information content (AvgIpc) is 2.64. The summed E-state index contributed by atoms with van der Waals surface area (Å²) in [5.74, 6) is -0.148. The molecule has 0 aliphatic rings. The highest BCUT2D eigenvalue weighted by molar-refractivity contribution is 7.99. The molecule has 0 radical (unpaired) electrons. The Morgan fingerprint density at radius 3 is 2.56 bits per heavy atom. The van der Waals surface area contributed by atoms with Gasteiger partial charge in [0.05, 0.1) is 5.75 Å². The topological polar surface area (TPSA) is 87.7 Å². The lowest BCUT2D eigenvalue weighted by molar-refractivity contribution is -0.113. The third-order valence-corrected chi connectivity index (χ3v) is 5.07. The van der Waals surface area contributed by atoms with Crippen LogP contribution in [0.2, 0.25) is 5.02 Å². The van der Waals surface area contributed by atoms with Crippen molar-refractivity contribution in [2.45, 2.75) is 19.0 Å². The molecular formula is C19H17ClN4O2S. The van der Waals surface area contributed by atoms with Gasteiger partial charge in [0.2, 0.25) is 5.91 Å². The summed E-state index contributed by atoms with van der Waals surface area (Å²) in [5.41, 5.74) is 3.24. The normalized spacial score (nSPS) is 10.6. The Labute approximate surface area is 165 Å². The Balaban J connectivity index is 1.63. The van der Waals surface area contributed by atoms with Gasteiger partial charge in [0.25, 0.3) is 5.56 Å². The molecule has 0 aliphatic heterocycles. The number of amides is 1. The Morgan fingerprint density at radius 2 is 1.89 bits per heavy atom. The quantitative estimate of drug-likeness (QED) is 0.635. The zero-order chi connectivity index (χ0) is 19.4. The summed E-state index contributed by atoms with van der Waals surface area (Å²) in [5, 5.41) is 11.6. The van der Waals surface area contributed by atoms with Gasteiger partial charge in [0.1, 0.15) is 0 Å². The number of hydrogen-bond acceptors (Lipinski definition) is 5. The summed E-state index contributed by atoms with van der Waals surface area (Å²) in [4.78, 5) is 27.0. The van der Waals surface area contributed by atoms with Gasteiger partial charge in [0.15, 0.2) is 10.9 Å². The molecule has 2 aromatic carbocycles. The second-order valence-corrected chi connectivity index (χ2v) is 7.35. The van der Waals surface area contributed by atoms with Crippen molar-refractivity contribution in [3.63, 3.8) is 0 Å². The summed E-state index contributed by atoms with van der Waals surface area (Å²) >= 11 is 7.15. The van der Waals surface area contributed by atoms with E-state index in [1.165, 1.54) is 0 Å². The maximum Gasteiger partial charge on any atom is 0.278 e. The molecule has 2 N–H and O–H groups in total. The van der Waals surface area contributed by atoms with Crippen LogP contribution in [0.25, 0.3) is 11.3 Å². The second kappa shape index (κ2) is 8.37. The van der Waals surface area contributed by atoms with Gasteiger partial charge in [-0.05, 0) is 31.5 Å². The number of nitrogens with one attached hydrogen (secondary N) is 2. The summed E-state index contributed by atoms with van der Waals surface area (Å²) in [6.07, 6.45) is 0. The summed E-state index contributed by atoms with van der Waals surface area (Å²) in [6, 6.07) is 12.8. The number of benzene rings is 2. The standard InChI is InChI=1S/C19H17ClN4O2S/c1-11-3-6-13(7-4-11)17-18(26)22-19(24-23-17)27-10-16(25)21-14-8-5-12(2)15(20)9-14/h3-9H,10H2,1-2H3,(H,21,25)(H,22,24,26). The summed E-state index contributed by atoms with van der Waals surface area (Å²) < 4.78 is 0. The lowest BCUT2D eigenvalue weighted by Gasteiger charge is -2.06. The van der Waals surface area contributed by atoms with Crippen LogP contribution in [-0.2, 0) is 4.79 Å². The molecule has 3 aromatic rings. The number of halogens is 1. The average molecular weight is 401 g/mol. The van der Waals surface area contributed by atoms with Gasteiger partial charge in [-0.25, -0.2) is 0 Å². The molecule has 27 heavy (non-hydrogen) atoms. The number of carbonyl (C=O) groups excluding carboxylic acids is 1. The molecule has 0 bridgehead atoms. The van der Waals surface area contributed by atoms with Crippen LogP contribution in [0.15, 0.2) is 52.4 Å². The number of H-pyrrole nitrogens is 1. The van der Waals surface area contributed by atoms with E-state index in [1.54, 1.807) is 12.1 Å². The molecule has 6 nitrogen and oxygen atoms in total. The maximum atomic E-state index is 12.2. The number of aryl methyl sites for hydroxylation is 2. The lowest BCUT2D eigenvalue weighted by Crippen LogP contribution is -2.17. The van der Waals surface area contributed by atoms with Gasteiger partial charge in [-0.1, -0.05) is 59.3 Å². The Bertz CT molecular complexity index is 1030. The monoisotopic (exact) mass is 400 g/mol. The fraction of sp³-hybridized carbons (Fsp3) is 0.158. The summed E-state index contributed by atoms with van der Waals surface area (Å²) in [7, 11) is 0. The minimum absolute atomic E-state index is 0.0833. The van der Waals surface area contributed by atoms with Crippen LogP contribution < -0.4 is 10.9 Å².